The van der Waals surface area contributed by atoms with Crippen molar-refractivity contribution in [1.82, 2.24) is 15.3 Å². The summed E-state index contributed by atoms with van der Waals surface area (Å²) in [5, 5.41) is 6.04. The number of carbonyl (C=O) groups is 1. The van der Waals surface area contributed by atoms with Crippen LogP contribution in [0.15, 0.2) is 60.2 Å². The van der Waals surface area contributed by atoms with E-state index in [2.05, 4.69) is 39.6 Å². The zero-order chi connectivity index (χ0) is 18.5. The second kappa shape index (κ2) is 8.01. The van der Waals surface area contributed by atoms with Crippen molar-refractivity contribution in [2.24, 2.45) is 0 Å². The Morgan fingerprint density at radius 2 is 1.93 bits per heavy atom. The van der Waals surface area contributed by atoms with Crippen molar-refractivity contribution in [3.8, 4) is 10.6 Å². The third-order valence-corrected chi connectivity index (χ3v) is 6.31. The highest BCUT2D eigenvalue weighted by atomic mass is 32.1. The van der Waals surface area contributed by atoms with Gasteiger partial charge in [-0.15, -0.1) is 11.3 Å². The number of pyridine rings is 1. The molecule has 0 radical (unpaired) electrons. The molecule has 27 heavy (non-hydrogen) atoms. The molecule has 4 rings (SSSR count). The zero-order valence-electron chi connectivity index (χ0n) is 15.2. The van der Waals surface area contributed by atoms with E-state index in [9.17, 15) is 4.79 Å². The van der Waals surface area contributed by atoms with Crippen LogP contribution in [0.4, 0.5) is 0 Å². The topological polar surface area (TPSA) is 54.9 Å². The van der Waals surface area contributed by atoms with Gasteiger partial charge in [0.15, 0.2) is 0 Å². The number of hydrogen-bond acceptors (Lipinski definition) is 4. The lowest BCUT2D eigenvalue weighted by Gasteiger charge is -2.30. The van der Waals surface area contributed by atoms with Crippen LogP contribution in [0, 0.1) is 0 Å². The van der Waals surface area contributed by atoms with Crippen LogP contribution in [-0.2, 0) is 16.6 Å². The van der Waals surface area contributed by atoms with Crippen molar-refractivity contribution in [2.45, 2.75) is 37.5 Å². The SMILES string of the molecule is O=C(Cc1csc(-c2cccnc2)n1)NCC1(c2ccccc2)CCCC1. The fourth-order valence-corrected chi connectivity index (χ4v) is 4.73. The number of thiazole rings is 1. The van der Waals surface area contributed by atoms with Crippen LogP contribution in [0.3, 0.4) is 0 Å². The molecule has 5 heteroatoms. The Kier molecular flexibility index (Phi) is 5.30. The second-order valence-corrected chi connectivity index (χ2v) is 8.05. The Balaban J connectivity index is 1.39. The smallest absolute Gasteiger partial charge is 0.226 e. The second-order valence-electron chi connectivity index (χ2n) is 7.19. The van der Waals surface area contributed by atoms with Crippen LogP contribution in [-0.4, -0.2) is 22.4 Å². The molecule has 4 nitrogen and oxygen atoms in total. The van der Waals surface area contributed by atoms with E-state index in [0.29, 0.717) is 13.0 Å². The van der Waals surface area contributed by atoms with Gasteiger partial charge in [0.05, 0.1) is 12.1 Å². The van der Waals surface area contributed by atoms with E-state index in [-0.39, 0.29) is 11.3 Å². The summed E-state index contributed by atoms with van der Waals surface area (Å²) in [7, 11) is 0. The number of rotatable bonds is 6. The average Bonchev–Trinajstić information content (AvgIpc) is 3.38. The van der Waals surface area contributed by atoms with Gasteiger partial charge in [-0.05, 0) is 30.5 Å². The maximum atomic E-state index is 12.5. The normalized spacial score (nSPS) is 15.6. The lowest BCUT2D eigenvalue weighted by molar-refractivity contribution is -0.120. The molecule has 1 aliphatic rings. The van der Waals surface area contributed by atoms with Crippen LogP contribution >= 0.6 is 11.3 Å². The van der Waals surface area contributed by atoms with E-state index < -0.39 is 0 Å². The average molecular weight is 378 g/mol. The monoisotopic (exact) mass is 377 g/mol. The lowest BCUT2D eigenvalue weighted by atomic mass is 9.79. The summed E-state index contributed by atoms with van der Waals surface area (Å²) in [5.74, 6) is 0.0419. The van der Waals surface area contributed by atoms with Gasteiger partial charge in [0.2, 0.25) is 5.91 Å². The summed E-state index contributed by atoms with van der Waals surface area (Å²) < 4.78 is 0. The standard InChI is InChI=1S/C22H23N3OS/c26-20(13-19-15-27-21(25-19)17-7-6-12-23-14-17)24-16-22(10-4-5-11-22)18-8-2-1-3-9-18/h1-3,6-9,12,14-15H,4-5,10-11,13,16H2,(H,24,26). The van der Waals surface area contributed by atoms with Crippen molar-refractivity contribution in [3.63, 3.8) is 0 Å². The Morgan fingerprint density at radius 1 is 1.11 bits per heavy atom. The minimum Gasteiger partial charge on any atom is -0.355 e. The van der Waals surface area contributed by atoms with E-state index in [1.54, 1.807) is 23.7 Å². The van der Waals surface area contributed by atoms with Gasteiger partial charge >= 0.3 is 0 Å². The van der Waals surface area contributed by atoms with Gasteiger partial charge in [-0.2, -0.15) is 0 Å². The fraction of sp³-hybridized carbons (Fsp3) is 0.318. The van der Waals surface area contributed by atoms with Crippen LogP contribution in [0.1, 0.15) is 36.9 Å². The van der Waals surface area contributed by atoms with Crippen molar-refractivity contribution in [3.05, 3.63) is 71.5 Å². The fourth-order valence-electron chi connectivity index (χ4n) is 3.92. The van der Waals surface area contributed by atoms with Crippen LogP contribution in [0.2, 0.25) is 0 Å². The van der Waals surface area contributed by atoms with Crippen molar-refractivity contribution >= 4 is 17.2 Å². The van der Waals surface area contributed by atoms with Gasteiger partial charge < -0.3 is 5.32 Å². The maximum Gasteiger partial charge on any atom is 0.226 e. The molecule has 1 aromatic carbocycles. The van der Waals surface area contributed by atoms with E-state index in [4.69, 9.17) is 0 Å². The molecule has 2 aromatic heterocycles. The summed E-state index contributed by atoms with van der Waals surface area (Å²) in [6.07, 6.45) is 8.60. The molecule has 1 amide bonds. The number of hydrogen-bond donors (Lipinski definition) is 1. The zero-order valence-corrected chi connectivity index (χ0v) is 16.0. The number of nitrogens with zero attached hydrogens (tertiary/aromatic N) is 2. The van der Waals surface area contributed by atoms with Gasteiger partial charge in [-0.1, -0.05) is 43.2 Å². The van der Waals surface area contributed by atoms with Gasteiger partial charge in [0.1, 0.15) is 5.01 Å². The van der Waals surface area contributed by atoms with E-state index in [0.717, 1.165) is 29.1 Å². The van der Waals surface area contributed by atoms with Crippen molar-refractivity contribution in [1.29, 1.82) is 0 Å². The molecule has 1 aliphatic carbocycles. The molecular weight excluding hydrogens is 354 g/mol. The Labute approximate surface area is 163 Å². The molecule has 0 saturated heterocycles. The molecule has 1 fully saturated rings. The van der Waals surface area contributed by atoms with E-state index in [1.807, 2.05) is 23.6 Å². The van der Waals surface area contributed by atoms with E-state index in [1.165, 1.54) is 18.4 Å². The van der Waals surface area contributed by atoms with Gasteiger partial charge in [0.25, 0.3) is 0 Å². The largest absolute Gasteiger partial charge is 0.355 e. The molecule has 0 spiro atoms. The number of benzene rings is 1. The molecule has 0 bridgehead atoms. The Morgan fingerprint density at radius 3 is 2.67 bits per heavy atom. The summed E-state index contributed by atoms with van der Waals surface area (Å²) in [5.41, 5.74) is 3.23. The number of amides is 1. The molecule has 1 N–H and O–H groups in total. The number of carbonyl (C=O) groups excluding carboxylic acids is 1. The molecule has 0 unspecified atom stereocenters. The number of nitrogens with one attached hydrogen (secondary N) is 1. The van der Waals surface area contributed by atoms with Gasteiger partial charge in [-0.25, -0.2) is 4.98 Å². The first-order chi connectivity index (χ1) is 13.3. The van der Waals surface area contributed by atoms with Crippen molar-refractivity contribution < 1.29 is 4.79 Å². The van der Waals surface area contributed by atoms with Crippen LogP contribution in [0.25, 0.3) is 10.6 Å². The number of aromatic nitrogens is 2. The molecule has 1 saturated carbocycles. The molecular formula is C22H23N3OS. The summed E-state index contributed by atoms with van der Waals surface area (Å²) in [6.45, 7) is 0.704. The van der Waals surface area contributed by atoms with Crippen LogP contribution < -0.4 is 5.32 Å². The predicted octanol–water partition coefficient (Wildman–Crippen LogP) is 4.38. The maximum absolute atomic E-state index is 12.5. The van der Waals surface area contributed by atoms with Crippen LogP contribution in [0.5, 0.6) is 0 Å². The highest BCUT2D eigenvalue weighted by Crippen LogP contribution is 2.40. The minimum atomic E-state index is 0.0419. The Bertz CT molecular complexity index is 886. The first-order valence-electron chi connectivity index (χ1n) is 9.42. The first-order valence-corrected chi connectivity index (χ1v) is 10.3. The van der Waals surface area contributed by atoms with Crippen molar-refractivity contribution in [2.75, 3.05) is 6.54 Å². The van der Waals surface area contributed by atoms with Gasteiger partial charge in [-0.3, -0.25) is 9.78 Å². The summed E-state index contributed by atoms with van der Waals surface area (Å²) in [6, 6.07) is 14.5. The van der Waals surface area contributed by atoms with E-state index >= 15 is 0 Å². The molecule has 2 heterocycles. The lowest BCUT2D eigenvalue weighted by Crippen LogP contribution is -2.39. The molecule has 0 aliphatic heterocycles. The first kappa shape index (κ1) is 17.9. The third-order valence-electron chi connectivity index (χ3n) is 5.37. The highest BCUT2D eigenvalue weighted by molar-refractivity contribution is 7.13. The minimum absolute atomic E-state index is 0.0419. The summed E-state index contributed by atoms with van der Waals surface area (Å²) in [4.78, 5) is 21.3. The molecule has 3 aromatic rings. The quantitative estimate of drug-likeness (QED) is 0.694. The predicted molar refractivity (Wildman–Crippen MR) is 109 cm³/mol. The third kappa shape index (κ3) is 4.08. The van der Waals surface area contributed by atoms with Gasteiger partial charge in [0, 0.05) is 35.3 Å². The molecule has 0 atom stereocenters. The Hall–Kier alpha value is -2.53. The molecule has 138 valence electrons. The highest BCUT2D eigenvalue weighted by Gasteiger charge is 2.35. The summed E-state index contributed by atoms with van der Waals surface area (Å²) >= 11 is 1.55.